The van der Waals surface area contributed by atoms with Crippen LogP contribution in [0.5, 0.6) is 0 Å². The number of amides is 1. The molecule has 0 aromatic heterocycles. The van der Waals surface area contributed by atoms with Crippen molar-refractivity contribution >= 4 is 43.0 Å². The van der Waals surface area contributed by atoms with Crippen LogP contribution in [0.1, 0.15) is 0 Å². The number of para-hydroxylation sites is 1. The standard InChI is InChI=1S/C26H21F2N3O5S2/c27-19-6-10-22(11-7-19)30-37(33,34)24-16-12-21(13-17-24)29-26(32)18-31(23-4-2-1-3-5-23)38(35,36)25-14-8-20(28)9-15-25/h1-17,30H,18H2,(H,29,32). The van der Waals surface area contributed by atoms with E-state index in [0.717, 1.165) is 40.7 Å². The van der Waals surface area contributed by atoms with Crippen LogP contribution >= 0.6 is 0 Å². The maximum Gasteiger partial charge on any atom is 0.264 e. The predicted octanol–water partition coefficient (Wildman–Crippen LogP) is 4.60. The third-order valence-electron chi connectivity index (χ3n) is 5.28. The third-order valence-corrected chi connectivity index (χ3v) is 8.46. The van der Waals surface area contributed by atoms with E-state index in [2.05, 4.69) is 10.0 Å². The van der Waals surface area contributed by atoms with Gasteiger partial charge in [0.05, 0.1) is 15.5 Å². The van der Waals surface area contributed by atoms with Gasteiger partial charge in [-0.15, -0.1) is 0 Å². The Hall–Kier alpha value is -4.29. The number of carbonyl (C=O) groups is 1. The van der Waals surface area contributed by atoms with Crippen molar-refractivity contribution in [2.75, 3.05) is 20.9 Å². The summed E-state index contributed by atoms with van der Waals surface area (Å²) in [6.07, 6.45) is 0. The molecule has 0 aliphatic carbocycles. The maximum absolute atomic E-state index is 13.3. The summed E-state index contributed by atoms with van der Waals surface area (Å²) >= 11 is 0. The molecule has 0 unspecified atom stereocenters. The van der Waals surface area contributed by atoms with Crippen LogP contribution in [-0.4, -0.2) is 29.3 Å². The van der Waals surface area contributed by atoms with Gasteiger partial charge in [0.2, 0.25) is 5.91 Å². The molecular formula is C26H21F2N3O5S2. The first-order valence-corrected chi connectivity index (χ1v) is 14.0. The molecule has 4 rings (SSSR count). The van der Waals surface area contributed by atoms with Gasteiger partial charge in [0.25, 0.3) is 20.0 Å². The van der Waals surface area contributed by atoms with Crippen molar-refractivity contribution in [2.24, 2.45) is 0 Å². The van der Waals surface area contributed by atoms with Crippen LogP contribution in [0.15, 0.2) is 113 Å². The number of anilines is 3. The number of nitrogens with zero attached hydrogens (tertiary/aromatic N) is 1. The third kappa shape index (κ3) is 6.33. The van der Waals surface area contributed by atoms with Gasteiger partial charge in [0, 0.05) is 11.4 Å². The van der Waals surface area contributed by atoms with E-state index in [1.807, 2.05) is 0 Å². The highest BCUT2D eigenvalue weighted by Crippen LogP contribution is 2.24. The van der Waals surface area contributed by atoms with Crippen LogP contribution in [0.3, 0.4) is 0 Å². The Labute approximate surface area is 218 Å². The molecule has 1 amide bonds. The molecule has 4 aromatic rings. The van der Waals surface area contributed by atoms with E-state index >= 15 is 0 Å². The van der Waals surface area contributed by atoms with Crippen molar-refractivity contribution in [3.63, 3.8) is 0 Å². The number of hydrogen-bond donors (Lipinski definition) is 2. The second kappa shape index (κ2) is 11.0. The fourth-order valence-electron chi connectivity index (χ4n) is 3.42. The van der Waals surface area contributed by atoms with E-state index < -0.39 is 44.1 Å². The lowest BCUT2D eigenvalue weighted by atomic mass is 10.3. The summed E-state index contributed by atoms with van der Waals surface area (Å²) in [5.41, 5.74) is 0.621. The number of carbonyl (C=O) groups excluding carboxylic acids is 1. The fourth-order valence-corrected chi connectivity index (χ4v) is 5.90. The van der Waals surface area contributed by atoms with Crippen LogP contribution in [0.2, 0.25) is 0 Å². The molecule has 12 heteroatoms. The van der Waals surface area contributed by atoms with E-state index in [1.54, 1.807) is 18.2 Å². The maximum atomic E-state index is 13.3. The number of nitrogens with one attached hydrogen (secondary N) is 2. The highest BCUT2D eigenvalue weighted by atomic mass is 32.2. The number of rotatable bonds is 9. The molecule has 0 spiro atoms. The minimum absolute atomic E-state index is 0.107. The molecule has 0 aliphatic heterocycles. The van der Waals surface area contributed by atoms with Gasteiger partial charge in [-0.3, -0.25) is 13.8 Å². The summed E-state index contributed by atoms with van der Waals surface area (Å²) in [6.45, 7) is -0.601. The molecule has 0 radical (unpaired) electrons. The van der Waals surface area contributed by atoms with Gasteiger partial charge >= 0.3 is 0 Å². The van der Waals surface area contributed by atoms with E-state index in [-0.39, 0.29) is 26.9 Å². The second-order valence-corrected chi connectivity index (χ2v) is 11.5. The zero-order chi connectivity index (χ0) is 27.3. The van der Waals surface area contributed by atoms with Crippen molar-refractivity contribution in [3.05, 3.63) is 115 Å². The van der Waals surface area contributed by atoms with Gasteiger partial charge in [-0.1, -0.05) is 18.2 Å². The normalized spacial score (nSPS) is 11.5. The molecule has 2 N–H and O–H groups in total. The zero-order valence-electron chi connectivity index (χ0n) is 19.6. The molecular weight excluding hydrogens is 536 g/mol. The van der Waals surface area contributed by atoms with Gasteiger partial charge in [-0.25, -0.2) is 25.6 Å². The Balaban J connectivity index is 1.50. The molecule has 0 bridgehead atoms. The summed E-state index contributed by atoms with van der Waals surface area (Å²) in [7, 11) is -8.20. The zero-order valence-corrected chi connectivity index (χ0v) is 21.2. The SMILES string of the molecule is O=C(CN(c1ccccc1)S(=O)(=O)c1ccc(F)cc1)Nc1ccc(S(=O)(=O)Nc2ccc(F)cc2)cc1. The first-order valence-electron chi connectivity index (χ1n) is 11.1. The lowest BCUT2D eigenvalue weighted by Gasteiger charge is -2.24. The van der Waals surface area contributed by atoms with E-state index in [9.17, 15) is 30.4 Å². The highest BCUT2D eigenvalue weighted by molar-refractivity contribution is 7.93. The summed E-state index contributed by atoms with van der Waals surface area (Å²) in [6, 6.07) is 22.2. The number of hydrogen-bond acceptors (Lipinski definition) is 5. The minimum Gasteiger partial charge on any atom is -0.325 e. The first kappa shape index (κ1) is 26.8. The number of benzene rings is 4. The Morgan fingerprint density at radius 2 is 1.16 bits per heavy atom. The Bertz CT molecular complexity index is 1630. The van der Waals surface area contributed by atoms with Crippen LogP contribution in [-0.2, 0) is 24.8 Å². The van der Waals surface area contributed by atoms with E-state index in [1.165, 1.54) is 48.5 Å². The topological polar surface area (TPSA) is 113 Å². The fraction of sp³-hybridized carbons (Fsp3) is 0.0385. The lowest BCUT2D eigenvalue weighted by molar-refractivity contribution is -0.114. The van der Waals surface area contributed by atoms with E-state index in [4.69, 9.17) is 0 Å². The molecule has 0 heterocycles. The van der Waals surface area contributed by atoms with Crippen molar-refractivity contribution in [2.45, 2.75) is 9.79 Å². The average Bonchev–Trinajstić information content (AvgIpc) is 2.89. The number of halogens is 2. The Morgan fingerprint density at radius 3 is 1.74 bits per heavy atom. The second-order valence-electron chi connectivity index (χ2n) is 7.99. The van der Waals surface area contributed by atoms with Gasteiger partial charge < -0.3 is 5.32 Å². The van der Waals surface area contributed by atoms with Crippen molar-refractivity contribution in [1.82, 2.24) is 0 Å². The van der Waals surface area contributed by atoms with Crippen LogP contribution < -0.4 is 14.3 Å². The van der Waals surface area contributed by atoms with Crippen molar-refractivity contribution < 1.29 is 30.4 Å². The minimum atomic E-state index is -4.22. The highest BCUT2D eigenvalue weighted by Gasteiger charge is 2.27. The molecule has 196 valence electrons. The van der Waals surface area contributed by atoms with Gasteiger partial charge in [0.1, 0.15) is 18.2 Å². The molecule has 4 aromatic carbocycles. The summed E-state index contributed by atoms with van der Waals surface area (Å²) in [5, 5.41) is 2.55. The Kier molecular flexibility index (Phi) is 7.74. The molecule has 38 heavy (non-hydrogen) atoms. The van der Waals surface area contributed by atoms with E-state index in [0.29, 0.717) is 0 Å². The van der Waals surface area contributed by atoms with Gasteiger partial charge in [0.15, 0.2) is 0 Å². The van der Waals surface area contributed by atoms with Gasteiger partial charge in [-0.2, -0.15) is 0 Å². The predicted molar refractivity (Wildman–Crippen MR) is 140 cm³/mol. The molecule has 0 saturated carbocycles. The molecule has 0 saturated heterocycles. The molecule has 0 atom stereocenters. The quantitative estimate of drug-likeness (QED) is 0.312. The Morgan fingerprint density at radius 1 is 0.658 bits per heavy atom. The molecule has 8 nitrogen and oxygen atoms in total. The van der Waals surface area contributed by atoms with Crippen LogP contribution in [0.25, 0.3) is 0 Å². The van der Waals surface area contributed by atoms with Crippen LogP contribution in [0.4, 0.5) is 25.8 Å². The monoisotopic (exact) mass is 557 g/mol. The summed E-state index contributed by atoms with van der Waals surface area (Å²) < 4.78 is 81.4. The molecule has 0 aliphatic rings. The first-order chi connectivity index (χ1) is 18.0. The largest absolute Gasteiger partial charge is 0.325 e. The average molecular weight is 558 g/mol. The molecule has 0 fully saturated rings. The van der Waals surface area contributed by atoms with Crippen molar-refractivity contribution in [3.8, 4) is 0 Å². The van der Waals surface area contributed by atoms with Crippen molar-refractivity contribution in [1.29, 1.82) is 0 Å². The smallest absolute Gasteiger partial charge is 0.264 e. The lowest BCUT2D eigenvalue weighted by Crippen LogP contribution is -2.38. The van der Waals surface area contributed by atoms with Crippen LogP contribution in [0, 0.1) is 11.6 Å². The van der Waals surface area contributed by atoms with Gasteiger partial charge in [-0.05, 0) is 84.9 Å². The summed E-state index contributed by atoms with van der Waals surface area (Å²) in [5.74, 6) is -1.81. The number of sulfonamides is 2. The summed E-state index contributed by atoms with van der Waals surface area (Å²) in [4.78, 5) is 12.5.